The second-order valence-electron chi connectivity index (χ2n) is 7.00. The van der Waals surface area contributed by atoms with Crippen LogP contribution in [0.2, 0.25) is 0 Å². The van der Waals surface area contributed by atoms with E-state index in [1.54, 1.807) is 4.90 Å². The van der Waals surface area contributed by atoms with Crippen LogP contribution in [0.3, 0.4) is 0 Å². The van der Waals surface area contributed by atoms with Crippen molar-refractivity contribution < 1.29 is 19.0 Å². The number of hydrogen-bond donors (Lipinski definition) is 0. The van der Waals surface area contributed by atoms with Gasteiger partial charge < -0.3 is 14.2 Å². The van der Waals surface area contributed by atoms with E-state index in [-0.39, 0.29) is 12.1 Å². The lowest BCUT2D eigenvalue weighted by Gasteiger charge is -2.37. The largest absolute Gasteiger partial charge is 0.444 e. The van der Waals surface area contributed by atoms with Gasteiger partial charge in [-0.1, -0.05) is 19.3 Å². The van der Waals surface area contributed by atoms with Crippen LogP contribution in [0.1, 0.15) is 52.9 Å². The lowest BCUT2D eigenvalue weighted by Crippen LogP contribution is -2.52. The maximum absolute atomic E-state index is 12.3. The summed E-state index contributed by atoms with van der Waals surface area (Å²) in [6.45, 7) is 7.89. The third-order valence-electron chi connectivity index (χ3n) is 3.93. The normalized spacial score (nSPS) is 24.9. The number of nitrogens with zero attached hydrogens (tertiary/aromatic N) is 1. The Kier molecular flexibility index (Phi) is 5.88. The Labute approximate surface area is 127 Å². The minimum Gasteiger partial charge on any atom is -0.444 e. The van der Waals surface area contributed by atoms with Crippen LogP contribution in [-0.4, -0.2) is 55.1 Å². The quantitative estimate of drug-likeness (QED) is 0.804. The number of ether oxygens (including phenoxy) is 3. The zero-order chi connectivity index (χ0) is 15.3. The lowest BCUT2D eigenvalue weighted by molar-refractivity contribution is -0.0708. The second kappa shape index (κ2) is 7.45. The maximum Gasteiger partial charge on any atom is 0.410 e. The molecule has 0 radical (unpaired) electrons. The smallest absolute Gasteiger partial charge is 0.410 e. The number of hydrogen-bond acceptors (Lipinski definition) is 4. The van der Waals surface area contributed by atoms with Gasteiger partial charge in [0.05, 0.1) is 32.0 Å². The molecule has 1 aliphatic heterocycles. The summed E-state index contributed by atoms with van der Waals surface area (Å²) in [5.74, 6) is 0. The minimum absolute atomic E-state index is 0.0319. The van der Waals surface area contributed by atoms with E-state index in [4.69, 9.17) is 14.2 Å². The molecule has 0 aromatic heterocycles. The first-order valence-corrected chi connectivity index (χ1v) is 8.15. The maximum atomic E-state index is 12.3. The van der Waals surface area contributed by atoms with Crippen molar-refractivity contribution in [3.63, 3.8) is 0 Å². The van der Waals surface area contributed by atoms with Crippen LogP contribution in [0.4, 0.5) is 4.79 Å². The summed E-state index contributed by atoms with van der Waals surface area (Å²) in [7, 11) is 0. The fourth-order valence-corrected chi connectivity index (χ4v) is 2.83. The first-order chi connectivity index (χ1) is 9.96. The van der Waals surface area contributed by atoms with Crippen LogP contribution in [0, 0.1) is 0 Å². The van der Waals surface area contributed by atoms with Crippen molar-refractivity contribution in [2.75, 3.05) is 26.4 Å². The molecule has 5 nitrogen and oxygen atoms in total. The van der Waals surface area contributed by atoms with Crippen molar-refractivity contribution in [1.29, 1.82) is 0 Å². The molecule has 21 heavy (non-hydrogen) atoms. The molecule has 0 aromatic carbocycles. The van der Waals surface area contributed by atoms with Crippen LogP contribution >= 0.6 is 0 Å². The van der Waals surface area contributed by atoms with Gasteiger partial charge >= 0.3 is 6.09 Å². The summed E-state index contributed by atoms with van der Waals surface area (Å²) in [6, 6.07) is -0.0319. The molecule has 1 saturated carbocycles. The van der Waals surface area contributed by atoms with Gasteiger partial charge in [-0.05, 0) is 33.6 Å². The highest BCUT2D eigenvalue weighted by Crippen LogP contribution is 2.21. The van der Waals surface area contributed by atoms with Gasteiger partial charge in [0.2, 0.25) is 0 Å². The molecular formula is C16H29NO4. The van der Waals surface area contributed by atoms with Gasteiger partial charge in [0.15, 0.2) is 0 Å². The standard InChI is InChI=1S/C16H29NO4/c1-16(2,3)21-15(18)17-9-10-19-11-13(17)12-20-14-7-5-4-6-8-14/h13-14H,4-12H2,1-3H3. The monoisotopic (exact) mass is 299 g/mol. The van der Waals surface area contributed by atoms with Crippen molar-refractivity contribution in [3.8, 4) is 0 Å². The molecule has 1 aliphatic carbocycles. The number of amides is 1. The Balaban J connectivity index is 1.84. The number of carbonyl (C=O) groups is 1. The molecule has 1 heterocycles. The van der Waals surface area contributed by atoms with Crippen molar-refractivity contribution in [3.05, 3.63) is 0 Å². The second-order valence-corrected chi connectivity index (χ2v) is 7.00. The molecule has 1 atom stereocenters. The average molecular weight is 299 g/mol. The summed E-state index contributed by atoms with van der Waals surface area (Å²) >= 11 is 0. The van der Waals surface area contributed by atoms with Crippen molar-refractivity contribution in [1.82, 2.24) is 4.90 Å². The molecule has 0 spiro atoms. The van der Waals surface area contributed by atoms with Gasteiger partial charge in [0.1, 0.15) is 5.60 Å². The van der Waals surface area contributed by atoms with Gasteiger partial charge in [-0.3, -0.25) is 4.90 Å². The van der Waals surface area contributed by atoms with Crippen molar-refractivity contribution >= 4 is 6.09 Å². The van der Waals surface area contributed by atoms with E-state index in [0.29, 0.717) is 32.5 Å². The Bertz CT molecular complexity index is 334. The molecule has 0 N–H and O–H groups in total. The average Bonchev–Trinajstić information content (AvgIpc) is 2.45. The Hall–Kier alpha value is -0.810. The summed E-state index contributed by atoms with van der Waals surface area (Å²) < 4.78 is 17.0. The molecule has 5 heteroatoms. The third kappa shape index (κ3) is 5.47. The Morgan fingerprint density at radius 3 is 2.62 bits per heavy atom. The molecule has 1 amide bonds. The molecular weight excluding hydrogens is 270 g/mol. The molecule has 0 aromatic rings. The highest BCUT2D eigenvalue weighted by Gasteiger charge is 2.31. The number of rotatable bonds is 3. The van der Waals surface area contributed by atoms with E-state index in [1.807, 2.05) is 20.8 Å². The Morgan fingerprint density at radius 1 is 1.24 bits per heavy atom. The molecule has 1 unspecified atom stereocenters. The minimum atomic E-state index is -0.468. The number of morpholine rings is 1. The van der Waals surface area contributed by atoms with E-state index in [1.165, 1.54) is 19.3 Å². The van der Waals surface area contributed by atoms with Crippen LogP contribution in [0.15, 0.2) is 0 Å². The summed E-state index contributed by atoms with van der Waals surface area (Å²) in [5, 5.41) is 0. The molecule has 0 bridgehead atoms. The van der Waals surface area contributed by atoms with E-state index in [0.717, 1.165) is 12.8 Å². The predicted octanol–water partition coefficient (Wildman–Crippen LogP) is 2.97. The molecule has 2 rings (SSSR count). The van der Waals surface area contributed by atoms with Gasteiger partial charge in [-0.2, -0.15) is 0 Å². The van der Waals surface area contributed by atoms with E-state index in [2.05, 4.69) is 0 Å². The summed E-state index contributed by atoms with van der Waals surface area (Å²) in [6.07, 6.45) is 6.18. The molecule has 2 aliphatic rings. The van der Waals surface area contributed by atoms with E-state index < -0.39 is 5.60 Å². The topological polar surface area (TPSA) is 48.0 Å². The summed E-state index contributed by atoms with van der Waals surface area (Å²) in [5.41, 5.74) is -0.468. The Morgan fingerprint density at radius 2 is 1.95 bits per heavy atom. The number of carbonyl (C=O) groups excluding carboxylic acids is 1. The summed E-state index contributed by atoms with van der Waals surface area (Å²) in [4.78, 5) is 14.0. The van der Waals surface area contributed by atoms with Crippen LogP contribution in [-0.2, 0) is 14.2 Å². The first-order valence-electron chi connectivity index (χ1n) is 8.15. The highest BCUT2D eigenvalue weighted by molar-refractivity contribution is 5.68. The zero-order valence-electron chi connectivity index (χ0n) is 13.6. The van der Waals surface area contributed by atoms with Crippen molar-refractivity contribution in [2.24, 2.45) is 0 Å². The van der Waals surface area contributed by atoms with Gasteiger partial charge in [0, 0.05) is 6.54 Å². The highest BCUT2D eigenvalue weighted by atomic mass is 16.6. The fraction of sp³-hybridized carbons (Fsp3) is 0.938. The molecule has 122 valence electrons. The third-order valence-corrected chi connectivity index (χ3v) is 3.93. The zero-order valence-corrected chi connectivity index (χ0v) is 13.6. The van der Waals surface area contributed by atoms with Crippen LogP contribution < -0.4 is 0 Å². The van der Waals surface area contributed by atoms with E-state index >= 15 is 0 Å². The van der Waals surface area contributed by atoms with Gasteiger partial charge in [0.25, 0.3) is 0 Å². The SMILES string of the molecule is CC(C)(C)OC(=O)N1CCOCC1COC1CCCCC1. The van der Waals surface area contributed by atoms with Crippen molar-refractivity contribution in [2.45, 2.75) is 70.6 Å². The lowest BCUT2D eigenvalue weighted by atomic mass is 9.98. The van der Waals surface area contributed by atoms with Gasteiger partial charge in [-0.25, -0.2) is 4.79 Å². The molecule has 2 fully saturated rings. The predicted molar refractivity (Wildman–Crippen MR) is 80.4 cm³/mol. The van der Waals surface area contributed by atoms with Crippen LogP contribution in [0.5, 0.6) is 0 Å². The van der Waals surface area contributed by atoms with E-state index in [9.17, 15) is 4.79 Å². The van der Waals surface area contributed by atoms with Gasteiger partial charge in [-0.15, -0.1) is 0 Å². The molecule has 1 saturated heterocycles. The fourth-order valence-electron chi connectivity index (χ4n) is 2.83. The van der Waals surface area contributed by atoms with Crippen LogP contribution in [0.25, 0.3) is 0 Å². The first kappa shape index (κ1) is 16.6.